The van der Waals surface area contributed by atoms with E-state index in [1.165, 1.54) is 44.5 Å². The number of benzene rings is 4. The number of hydrogen-bond donors (Lipinski definition) is 0. The van der Waals surface area contributed by atoms with Gasteiger partial charge in [0.05, 0.1) is 0 Å². The Bertz CT molecular complexity index is 977. The maximum absolute atomic E-state index is 2.23. The SMILES string of the molecule is C1=C\c2ccc(cc2)Cc2ccc(cc2)/C=C\c2ccc(cc2)Cc2ccc/1cc2. The van der Waals surface area contributed by atoms with Gasteiger partial charge in [-0.3, -0.25) is 0 Å². The zero-order chi connectivity index (χ0) is 20.2. The molecule has 144 valence electrons. The summed E-state index contributed by atoms with van der Waals surface area (Å²) in [5.41, 5.74) is 10.3. The van der Waals surface area contributed by atoms with Crippen LogP contribution in [0.3, 0.4) is 0 Å². The molecule has 0 nitrogen and oxygen atoms in total. The Morgan fingerprint density at radius 3 is 0.667 bits per heavy atom. The molecule has 0 fully saturated rings. The van der Waals surface area contributed by atoms with Crippen molar-refractivity contribution in [1.29, 1.82) is 0 Å². The summed E-state index contributed by atoms with van der Waals surface area (Å²) < 4.78 is 0. The molecule has 30 heavy (non-hydrogen) atoms. The predicted molar refractivity (Wildman–Crippen MR) is 129 cm³/mol. The normalized spacial score (nSPS) is 14.9. The molecule has 8 bridgehead atoms. The Labute approximate surface area is 178 Å². The van der Waals surface area contributed by atoms with Gasteiger partial charge in [-0.05, 0) is 57.3 Å². The van der Waals surface area contributed by atoms with Crippen LogP contribution in [0.2, 0.25) is 0 Å². The molecule has 4 aromatic carbocycles. The van der Waals surface area contributed by atoms with Crippen LogP contribution in [0.1, 0.15) is 44.5 Å². The minimum absolute atomic E-state index is 0.955. The standard InChI is InChI=1S/C30H24/c1-2-24-7-15-28(16-8-24)22-30-19-11-26(12-20-30)4-3-25-9-17-29(18-10-25)21-27-13-5-23(1)6-14-27/h1-20H,21-22H2/b2-1-,4-3-. The number of hydrogen-bond acceptors (Lipinski definition) is 0. The lowest BCUT2D eigenvalue weighted by atomic mass is 10.00. The van der Waals surface area contributed by atoms with E-state index in [0.717, 1.165) is 12.8 Å². The molecular weight excluding hydrogens is 360 g/mol. The fourth-order valence-corrected chi connectivity index (χ4v) is 3.84. The highest BCUT2D eigenvalue weighted by Gasteiger charge is 2.00. The Balaban J connectivity index is 1.50. The highest BCUT2D eigenvalue weighted by molar-refractivity contribution is 5.71. The summed E-state index contributed by atoms with van der Waals surface area (Å²) in [6, 6.07) is 35.4. The largest absolute Gasteiger partial charge is 0.0581 e. The molecule has 7 aliphatic carbocycles. The molecule has 0 atom stereocenters. The van der Waals surface area contributed by atoms with E-state index in [-0.39, 0.29) is 0 Å². The molecule has 0 aliphatic heterocycles. The fourth-order valence-electron chi connectivity index (χ4n) is 3.84. The Kier molecular flexibility index (Phi) is 5.14. The maximum atomic E-state index is 2.23. The molecule has 0 amide bonds. The second kappa shape index (κ2) is 8.39. The van der Waals surface area contributed by atoms with Crippen molar-refractivity contribution < 1.29 is 0 Å². The molecule has 0 heterocycles. The van der Waals surface area contributed by atoms with Crippen molar-refractivity contribution in [2.24, 2.45) is 0 Å². The average molecular weight is 385 g/mol. The molecule has 0 saturated heterocycles. The first kappa shape index (κ1) is 18.4. The van der Waals surface area contributed by atoms with Gasteiger partial charge in [0.15, 0.2) is 0 Å². The van der Waals surface area contributed by atoms with E-state index in [4.69, 9.17) is 0 Å². The molecule has 7 aliphatic rings. The minimum Gasteiger partial charge on any atom is -0.0581 e. The van der Waals surface area contributed by atoms with Gasteiger partial charge >= 0.3 is 0 Å². The summed E-state index contributed by atoms with van der Waals surface area (Å²) in [5, 5.41) is 0. The van der Waals surface area contributed by atoms with Crippen molar-refractivity contribution in [3.05, 3.63) is 142 Å². The van der Waals surface area contributed by atoms with Crippen LogP contribution in [0, 0.1) is 0 Å². The van der Waals surface area contributed by atoms with Gasteiger partial charge in [0.25, 0.3) is 0 Å². The van der Waals surface area contributed by atoms with Gasteiger partial charge in [0.1, 0.15) is 0 Å². The Hall–Kier alpha value is -3.64. The summed E-state index contributed by atoms with van der Waals surface area (Å²) >= 11 is 0. The third-order valence-electron chi connectivity index (χ3n) is 5.67. The second-order valence-corrected chi connectivity index (χ2v) is 7.99. The van der Waals surface area contributed by atoms with E-state index in [0.29, 0.717) is 0 Å². The van der Waals surface area contributed by atoms with Crippen LogP contribution in [0.5, 0.6) is 0 Å². The van der Waals surface area contributed by atoms with Crippen molar-refractivity contribution in [2.45, 2.75) is 12.8 Å². The van der Waals surface area contributed by atoms with E-state index in [1.54, 1.807) is 0 Å². The van der Waals surface area contributed by atoms with Crippen LogP contribution in [0.25, 0.3) is 24.3 Å². The fraction of sp³-hybridized carbons (Fsp3) is 0.0667. The third-order valence-corrected chi connectivity index (χ3v) is 5.67. The van der Waals surface area contributed by atoms with Gasteiger partial charge in [0.2, 0.25) is 0 Å². The van der Waals surface area contributed by atoms with Gasteiger partial charge in [-0.25, -0.2) is 0 Å². The van der Waals surface area contributed by atoms with Crippen LogP contribution in [-0.2, 0) is 12.8 Å². The lowest BCUT2D eigenvalue weighted by Gasteiger charge is -2.05. The first-order valence-electron chi connectivity index (χ1n) is 10.5. The Morgan fingerprint density at radius 2 is 0.467 bits per heavy atom. The summed E-state index contributed by atoms with van der Waals surface area (Å²) in [4.78, 5) is 0. The molecule has 0 radical (unpaired) electrons. The molecule has 0 unspecified atom stereocenters. The highest BCUT2D eigenvalue weighted by atomic mass is 14.0. The zero-order valence-electron chi connectivity index (χ0n) is 17.0. The van der Waals surface area contributed by atoms with Gasteiger partial charge in [0, 0.05) is 0 Å². The smallest absolute Gasteiger partial charge is 0.00258 e. The highest BCUT2D eigenvalue weighted by Crippen LogP contribution is 2.18. The number of rotatable bonds is 0. The first-order valence-corrected chi connectivity index (χ1v) is 10.5. The van der Waals surface area contributed by atoms with Gasteiger partial charge in [-0.15, -0.1) is 0 Å². The van der Waals surface area contributed by atoms with E-state index in [9.17, 15) is 0 Å². The third kappa shape index (κ3) is 4.50. The van der Waals surface area contributed by atoms with Gasteiger partial charge < -0.3 is 0 Å². The van der Waals surface area contributed by atoms with Crippen LogP contribution < -0.4 is 0 Å². The average Bonchev–Trinajstić information content (AvgIpc) is 2.80. The quantitative estimate of drug-likeness (QED) is 0.259. The monoisotopic (exact) mass is 384 g/mol. The predicted octanol–water partition coefficient (Wildman–Crippen LogP) is 7.52. The zero-order valence-corrected chi connectivity index (χ0v) is 17.0. The van der Waals surface area contributed by atoms with Gasteiger partial charge in [-0.1, -0.05) is 121 Å². The molecule has 0 N–H and O–H groups in total. The van der Waals surface area contributed by atoms with Crippen molar-refractivity contribution >= 4 is 24.3 Å². The summed E-state index contributed by atoms with van der Waals surface area (Å²) in [7, 11) is 0. The first-order chi connectivity index (χ1) is 14.8. The van der Waals surface area contributed by atoms with E-state index in [2.05, 4.69) is 121 Å². The minimum atomic E-state index is 0.955. The van der Waals surface area contributed by atoms with Crippen molar-refractivity contribution in [2.75, 3.05) is 0 Å². The van der Waals surface area contributed by atoms with Crippen molar-refractivity contribution in [3.63, 3.8) is 0 Å². The second-order valence-electron chi connectivity index (χ2n) is 7.99. The molecule has 0 spiro atoms. The molecule has 11 rings (SSSR count). The molecule has 0 saturated carbocycles. The molecule has 0 heteroatoms. The van der Waals surface area contributed by atoms with Crippen LogP contribution in [0.4, 0.5) is 0 Å². The molecular formula is C30H24. The maximum Gasteiger partial charge on any atom is -0.00258 e. The lowest BCUT2D eigenvalue weighted by Crippen LogP contribution is -1.89. The Morgan fingerprint density at radius 1 is 0.267 bits per heavy atom. The van der Waals surface area contributed by atoms with Crippen LogP contribution in [0.15, 0.2) is 97.1 Å². The molecule has 4 aromatic rings. The van der Waals surface area contributed by atoms with Crippen molar-refractivity contribution in [1.82, 2.24) is 0 Å². The van der Waals surface area contributed by atoms with Crippen LogP contribution >= 0.6 is 0 Å². The van der Waals surface area contributed by atoms with Crippen LogP contribution in [-0.4, -0.2) is 0 Å². The summed E-state index contributed by atoms with van der Waals surface area (Å²) in [6.45, 7) is 0. The summed E-state index contributed by atoms with van der Waals surface area (Å²) in [5.74, 6) is 0. The van der Waals surface area contributed by atoms with Gasteiger partial charge in [-0.2, -0.15) is 0 Å². The topological polar surface area (TPSA) is 0 Å². The van der Waals surface area contributed by atoms with E-state index in [1.807, 2.05) is 0 Å². The lowest BCUT2D eigenvalue weighted by molar-refractivity contribution is 1.19. The summed E-state index contributed by atoms with van der Waals surface area (Å²) in [6.07, 6.45) is 10.7. The van der Waals surface area contributed by atoms with E-state index >= 15 is 0 Å². The molecule has 0 aromatic heterocycles. The van der Waals surface area contributed by atoms with Crippen molar-refractivity contribution in [3.8, 4) is 0 Å². The van der Waals surface area contributed by atoms with E-state index < -0.39 is 0 Å².